The van der Waals surface area contributed by atoms with Crippen molar-refractivity contribution in [2.75, 3.05) is 16.6 Å². The van der Waals surface area contributed by atoms with Gasteiger partial charge in [-0.25, -0.2) is 13.4 Å². The largest absolute Gasteiger partial charge is 0.383 e. The fourth-order valence-corrected chi connectivity index (χ4v) is 3.53. The van der Waals surface area contributed by atoms with Crippen LogP contribution in [-0.2, 0) is 10.0 Å². The number of nitrogens with zero attached hydrogens (tertiary/aromatic N) is 3. The van der Waals surface area contributed by atoms with Gasteiger partial charge in [-0.3, -0.25) is 9.29 Å². The van der Waals surface area contributed by atoms with E-state index in [1.807, 2.05) is 0 Å². The molecule has 0 aromatic carbocycles. The van der Waals surface area contributed by atoms with Crippen molar-refractivity contribution in [3.63, 3.8) is 0 Å². The molecule has 0 saturated carbocycles. The van der Waals surface area contributed by atoms with Crippen LogP contribution in [0.5, 0.6) is 0 Å². The molecule has 20 heavy (non-hydrogen) atoms. The smallest absolute Gasteiger partial charge is 0.268 e. The van der Waals surface area contributed by atoms with Crippen LogP contribution in [0.3, 0.4) is 0 Å². The van der Waals surface area contributed by atoms with E-state index < -0.39 is 10.0 Å². The van der Waals surface area contributed by atoms with Gasteiger partial charge in [0.2, 0.25) is 0 Å². The number of aromatic nitrogens is 2. The summed E-state index contributed by atoms with van der Waals surface area (Å²) in [4.78, 5) is 7.59. The first-order chi connectivity index (χ1) is 9.46. The molecule has 6 nitrogen and oxygen atoms in total. The second-order valence-corrected chi connectivity index (χ2v) is 6.19. The lowest BCUT2D eigenvalue weighted by Crippen LogP contribution is -2.31. The van der Waals surface area contributed by atoms with Crippen molar-refractivity contribution >= 4 is 33.1 Å². The van der Waals surface area contributed by atoms with Crippen LogP contribution < -0.4 is 10.0 Å². The fraction of sp³-hybridized carbons (Fsp3) is 0.167. The molecule has 0 bridgehead atoms. The number of sulfonamides is 1. The predicted octanol–water partition coefficient (Wildman–Crippen LogP) is 1.93. The van der Waals surface area contributed by atoms with Crippen LogP contribution in [0, 0.1) is 0 Å². The Morgan fingerprint density at radius 2 is 2.15 bits per heavy atom. The summed E-state index contributed by atoms with van der Waals surface area (Å²) in [6.45, 7) is 1.96. The Labute approximate surface area is 122 Å². The van der Waals surface area contributed by atoms with Gasteiger partial charge in [-0.1, -0.05) is 11.6 Å². The van der Waals surface area contributed by atoms with Crippen molar-refractivity contribution < 1.29 is 8.42 Å². The summed E-state index contributed by atoms with van der Waals surface area (Å²) in [5.41, 5.74) is 6.11. The number of hydrogen-bond donors (Lipinski definition) is 1. The Balaban J connectivity index is 2.56. The van der Waals surface area contributed by atoms with E-state index >= 15 is 0 Å². The molecule has 0 saturated heterocycles. The molecule has 2 aromatic rings. The van der Waals surface area contributed by atoms with Crippen LogP contribution >= 0.6 is 11.6 Å². The quantitative estimate of drug-likeness (QED) is 0.931. The van der Waals surface area contributed by atoms with Crippen molar-refractivity contribution in [3.8, 4) is 0 Å². The molecular weight excluding hydrogens is 300 g/mol. The van der Waals surface area contributed by atoms with Crippen molar-refractivity contribution in [2.24, 2.45) is 0 Å². The van der Waals surface area contributed by atoms with Gasteiger partial charge in [0.1, 0.15) is 10.7 Å². The van der Waals surface area contributed by atoms with E-state index in [2.05, 4.69) is 9.97 Å². The lowest BCUT2D eigenvalue weighted by molar-refractivity contribution is 0.592. The normalized spacial score (nSPS) is 11.3. The monoisotopic (exact) mass is 312 g/mol. The maximum absolute atomic E-state index is 12.7. The van der Waals surface area contributed by atoms with Crippen molar-refractivity contribution in [2.45, 2.75) is 11.8 Å². The molecule has 106 valence electrons. The minimum atomic E-state index is -3.84. The van der Waals surface area contributed by atoms with Gasteiger partial charge in [-0.2, -0.15) is 0 Å². The van der Waals surface area contributed by atoms with Crippen LogP contribution in [0.25, 0.3) is 0 Å². The molecule has 8 heteroatoms. The van der Waals surface area contributed by atoms with E-state index in [9.17, 15) is 8.42 Å². The third-order valence-corrected chi connectivity index (χ3v) is 4.78. The molecule has 0 unspecified atom stereocenters. The first-order valence-corrected chi connectivity index (χ1v) is 7.62. The zero-order valence-electron chi connectivity index (χ0n) is 10.7. The molecule has 2 aromatic heterocycles. The molecule has 0 amide bonds. The average Bonchev–Trinajstić information content (AvgIpc) is 2.43. The number of nitrogen functional groups attached to an aromatic ring is 1. The highest BCUT2D eigenvalue weighted by molar-refractivity contribution is 7.93. The van der Waals surface area contributed by atoms with Gasteiger partial charge < -0.3 is 5.73 Å². The van der Waals surface area contributed by atoms with E-state index in [-0.39, 0.29) is 22.3 Å². The Bertz CT molecular complexity index is 707. The summed E-state index contributed by atoms with van der Waals surface area (Å²) in [7, 11) is -3.84. The number of nitrogens with two attached hydrogens (primary N) is 1. The Hall–Kier alpha value is -1.86. The summed E-state index contributed by atoms with van der Waals surface area (Å²) in [6.07, 6.45) is 4.34. The minimum Gasteiger partial charge on any atom is -0.383 e. The molecule has 0 spiro atoms. The van der Waals surface area contributed by atoms with Crippen LogP contribution in [0.1, 0.15) is 6.92 Å². The number of halogens is 1. The second-order valence-electron chi connectivity index (χ2n) is 3.92. The minimum absolute atomic E-state index is 0.0864. The summed E-state index contributed by atoms with van der Waals surface area (Å²) >= 11 is 5.80. The third kappa shape index (κ3) is 2.68. The standard InChI is InChI=1S/C12H13ClN4O2S/c1-2-17(10-4-3-5-15-8-10)20(18,19)11-6-9(13)7-16-12(11)14/h3-8H,2H2,1H3,(H2,14,16). The molecule has 0 aliphatic carbocycles. The molecule has 0 aliphatic rings. The molecular formula is C12H13ClN4O2S. The van der Waals surface area contributed by atoms with Crippen molar-refractivity contribution in [3.05, 3.63) is 41.8 Å². The highest BCUT2D eigenvalue weighted by Crippen LogP contribution is 2.27. The van der Waals surface area contributed by atoms with Crippen molar-refractivity contribution in [1.82, 2.24) is 9.97 Å². The third-order valence-electron chi connectivity index (χ3n) is 2.64. The molecule has 2 heterocycles. The van der Waals surface area contributed by atoms with Gasteiger partial charge >= 0.3 is 0 Å². The topological polar surface area (TPSA) is 89.2 Å². The fourth-order valence-electron chi connectivity index (χ4n) is 1.75. The summed E-state index contributed by atoms with van der Waals surface area (Å²) in [5.74, 6) is -0.0864. The number of rotatable bonds is 4. The Morgan fingerprint density at radius 3 is 2.75 bits per heavy atom. The van der Waals surface area contributed by atoms with Crippen LogP contribution in [0.4, 0.5) is 11.5 Å². The molecule has 2 N–H and O–H groups in total. The van der Waals surface area contributed by atoms with Gasteiger partial charge in [0.25, 0.3) is 10.0 Å². The van der Waals surface area contributed by atoms with Gasteiger partial charge in [0.15, 0.2) is 0 Å². The zero-order chi connectivity index (χ0) is 14.8. The van der Waals surface area contributed by atoms with Gasteiger partial charge in [-0.15, -0.1) is 0 Å². The highest BCUT2D eigenvalue weighted by atomic mass is 35.5. The van der Waals surface area contributed by atoms with E-state index in [4.69, 9.17) is 17.3 Å². The molecule has 0 radical (unpaired) electrons. The molecule has 0 fully saturated rings. The lowest BCUT2D eigenvalue weighted by Gasteiger charge is -2.22. The SMILES string of the molecule is CCN(c1cccnc1)S(=O)(=O)c1cc(Cl)cnc1N. The van der Waals surface area contributed by atoms with Gasteiger partial charge in [0.05, 0.1) is 16.9 Å². The van der Waals surface area contributed by atoms with E-state index in [1.54, 1.807) is 25.3 Å². The average molecular weight is 313 g/mol. The second kappa shape index (κ2) is 5.64. The van der Waals surface area contributed by atoms with Crippen LogP contribution in [0.15, 0.2) is 41.7 Å². The number of anilines is 2. The Kier molecular flexibility index (Phi) is 4.10. The lowest BCUT2D eigenvalue weighted by atomic mass is 10.4. The molecule has 0 atom stereocenters. The molecule has 0 aliphatic heterocycles. The van der Waals surface area contributed by atoms with E-state index in [1.165, 1.54) is 22.8 Å². The zero-order valence-corrected chi connectivity index (χ0v) is 12.3. The maximum atomic E-state index is 12.7. The first kappa shape index (κ1) is 14.5. The predicted molar refractivity (Wildman–Crippen MR) is 78.1 cm³/mol. The number of pyridine rings is 2. The molecule has 2 rings (SSSR count). The van der Waals surface area contributed by atoms with Crippen LogP contribution in [-0.4, -0.2) is 24.9 Å². The van der Waals surface area contributed by atoms with Gasteiger partial charge in [0, 0.05) is 18.9 Å². The van der Waals surface area contributed by atoms with Crippen LogP contribution in [0.2, 0.25) is 5.02 Å². The number of hydrogen-bond acceptors (Lipinski definition) is 5. The summed E-state index contributed by atoms with van der Waals surface area (Å²) in [6, 6.07) is 4.60. The highest BCUT2D eigenvalue weighted by Gasteiger charge is 2.26. The first-order valence-electron chi connectivity index (χ1n) is 5.80. The Morgan fingerprint density at radius 1 is 1.40 bits per heavy atom. The van der Waals surface area contributed by atoms with Crippen molar-refractivity contribution in [1.29, 1.82) is 0 Å². The summed E-state index contributed by atoms with van der Waals surface area (Å²) < 4.78 is 26.5. The maximum Gasteiger partial charge on any atom is 0.268 e. The van der Waals surface area contributed by atoms with Gasteiger partial charge in [-0.05, 0) is 25.1 Å². The summed E-state index contributed by atoms with van der Waals surface area (Å²) in [5, 5.41) is 0.208. The van der Waals surface area contributed by atoms with E-state index in [0.29, 0.717) is 5.69 Å². The van der Waals surface area contributed by atoms with E-state index in [0.717, 1.165) is 0 Å².